The van der Waals surface area contributed by atoms with Crippen molar-refractivity contribution in [1.82, 2.24) is 9.13 Å². The summed E-state index contributed by atoms with van der Waals surface area (Å²) in [6.07, 6.45) is 0. The van der Waals surface area contributed by atoms with Crippen molar-refractivity contribution in [3.8, 4) is 22.9 Å². The van der Waals surface area contributed by atoms with Gasteiger partial charge in [0.05, 0.1) is 22.1 Å². The number of fused-ring (bicyclic) bond motifs is 8. The fourth-order valence-electron chi connectivity index (χ4n) is 8.62. The molecule has 0 spiro atoms. The molecule has 0 saturated heterocycles. The van der Waals surface area contributed by atoms with Crippen molar-refractivity contribution in [2.75, 3.05) is 0 Å². The zero-order valence-electron chi connectivity index (χ0n) is 27.7. The van der Waals surface area contributed by atoms with Crippen molar-refractivity contribution in [1.29, 1.82) is 0 Å². The summed E-state index contributed by atoms with van der Waals surface area (Å²) in [7, 11) is 0. The summed E-state index contributed by atoms with van der Waals surface area (Å²) in [6, 6.07) is 53.0. The largest absolute Gasteiger partial charge is 0.458 e. The van der Waals surface area contributed by atoms with E-state index in [2.05, 4.69) is 175 Å². The number of rotatable bonds is 3. The van der Waals surface area contributed by atoms with Crippen molar-refractivity contribution < 1.29 is 4.74 Å². The summed E-state index contributed by atoms with van der Waals surface area (Å²) in [5.41, 5.74) is 14.7. The van der Waals surface area contributed by atoms with Crippen LogP contribution in [0.4, 0.5) is 0 Å². The van der Waals surface area contributed by atoms with Crippen LogP contribution in [-0.2, 0) is 0 Å². The van der Waals surface area contributed by atoms with Gasteiger partial charge in [0.25, 0.3) is 6.71 Å². The van der Waals surface area contributed by atoms with E-state index in [0.29, 0.717) is 0 Å². The van der Waals surface area contributed by atoms with E-state index in [0.717, 1.165) is 22.9 Å². The summed E-state index contributed by atoms with van der Waals surface area (Å²) < 4.78 is 11.5. The molecule has 49 heavy (non-hydrogen) atoms. The zero-order valence-corrected chi connectivity index (χ0v) is 27.7. The number of para-hydroxylation sites is 4. The summed E-state index contributed by atoms with van der Waals surface area (Å²) >= 11 is 0. The Hall–Kier alpha value is -6.00. The number of aromatic nitrogens is 2. The van der Waals surface area contributed by atoms with Gasteiger partial charge >= 0.3 is 0 Å². The van der Waals surface area contributed by atoms with Crippen LogP contribution in [0.2, 0.25) is 0 Å². The number of ether oxygens (including phenoxy) is 1. The topological polar surface area (TPSA) is 19.1 Å². The van der Waals surface area contributed by atoms with Crippen molar-refractivity contribution in [2.24, 2.45) is 0 Å². The first kappa shape index (κ1) is 28.1. The Morgan fingerprint density at radius 2 is 0.918 bits per heavy atom. The van der Waals surface area contributed by atoms with Crippen LogP contribution in [0.1, 0.15) is 16.7 Å². The van der Waals surface area contributed by atoms with Gasteiger partial charge in [-0.1, -0.05) is 113 Å². The highest BCUT2D eigenvalue weighted by molar-refractivity contribution is 6.97. The second-order valence-corrected chi connectivity index (χ2v) is 13.5. The van der Waals surface area contributed by atoms with Crippen LogP contribution in [0, 0.1) is 20.8 Å². The van der Waals surface area contributed by atoms with Crippen LogP contribution in [0.3, 0.4) is 0 Å². The second-order valence-electron chi connectivity index (χ2n) is 13.5. The molecule has 0 unspecified atom stereocenters. The van der Waals surface area contributed by atoms with E-state index in [1.165, 1.54) is 76.7 Å². The standard InChI is InChI=1S/C45H33BN2O/c1-28-24-29(2)45(30(3)25-28)46-37-15-7-11-19-43(37)49-44-27-32(20-22-38(44)46)48-41-18-10-6-14-35(41)36-26-31(21-23-42(36)48)47-39-16-8-4-12-33(39)34-13-5-9-17-40(34)47/h4-27H,1-3H3. The van der Waals surface area contributed by atoms with Crippen molar-refractivity contribution >= 4 is 66.7 Å². The summed E-state index contributed by atoms with van der Waals surface area (Å²) in [5, 5.41) is 4.99. The molecule has 1 aliphatic heterocycles. The normalized spacial score (nSPS) is 12.5. The Kier molecular flexibility index (Phi) is 6.01. The van der Waals surface area contributed by atoms with Gasteiger partial charge in [0, 0.05) is 39.0 Å². The van der Waals surface area contributed by atoms with Gasteiger partial charge in [-0.2, -0.15) is 0 Å². The van der Waals surface area contributed by atoms with E-state index < -0.39 is 0 Å². The predicted molar refractivity (Wildman–Crippen MR) is 207 cm³/mol. The molecule has 232 valence electrons. The van der Waals surface area contributed by atoms with Gasteiger partial charge in [-0.25, -0.2) is 0 Å². The van der Waals surface area contributed by atoms with Gasteiger partial charge in [0.1, 0.15) is 11.5 Å². The molecule has 7 aromatic carbocycles. The summed E-state index contributed by atoms with van der Waals surface area (Å²) in [5.74, 6) is 1.84. The molecular formula is C45H33BN2O. The maximum Gasteiger partial charge on any atom is 0.251 e. The molecule has 0 amide bonds. The molecule has 0 atom stereocenters. The molecule has 0 saturated carbocycles. The Labute approximate surface area is 285 Å². The SMILES string of the molecule is Cc1cc(C)c(B2c3ccccc3Oc3cc(-n4c5ccccc5c5cc(-n6c7ccccc7c7ccccc76)ccc54)ccc32)c(C)c1. The molecule has 10 rings (SSSR count). The smallest absolute Gasteiger partial charge is 0.251 e. The molecule has 3 nitrogen and oxygen atoms in total. The highest BCUT2D eigenvalue weighted by Gasteiger charge is 2.34. The zero-order chi connectivity index (χ0) is 32.8. The first-order chi connectivity index (χ1) is 24.0. The Balaban J connectivity index is 1.18. The van der Waals surface area contributed by atoms with Crippen LogP contribution < -0.4 is 21.1 Å². The summed E-state index contributed by atoms with van der Waals surface area (Å²) in [4.78, 5) is 0. The minimum absolute atomic E-state index is 0.0986. The molecular weight excluding hydrogens is 595 g/mol. The Morgan fingerprint density at radius 3 is 1.57 bits per heavy atom. The lowest BCUT2D eigenvalue weighted by Gasteiger charge is -2.29. The third kappa shape index (κ3) is 4.10. The third-order valence-electron chi connectivity index (χ3n) is 10.5. The van der Waals surface area contributed by atoms with E-state index in [1.807, 2.05) is 0 Å². The first-order valence-electron chi connectivity index (χ1n) is 17.1. The molecule has 0 radical (unpaired) electrons. The fraction of sp³-hybridized carbons (Fsp3) is 0.0667. The van der Waals surface area contributed by atoms with Crippen molar-refractivity contribution in [2.45, 2.75) is 20.8 Å². The average Bonchev–Trinajstić information content (AvgIpc) is 3.63. The Morgan fingerprint density at radius 1 is 0.429 bits per heavy atom. The van der Waals surface area contributed by atoms with E-state index in [1.54, 1.807) is 0 Å². The number of nitrogens with zero attached hydrogens (tertiary/aromatic N) is 2. The molecule has 1 aliphatic rings. The van der Waals surface area contributed by atoms with Crippen molar-refractivity contribution in [3.05, 3.63) is 162 Å². The van der Waals surface area contributed by atoms with Crippen molar-refractivity contribution in [3.63, 3.8) is 0 Å². The van der Waals surface area contributed by atoms with Gasteiger partial charge in [0.2, 0.25) is 0 Å². The molecule has 0 bridgehead atoms. The lowest BCUT2D eigenvalue weighted by molar-refractivity contribution is 0.487. The lowest BCUT2D eigenvalue weighted by atomic mass is 9.34. The lowest BCUT2D eigenvalue weighted by Crippen LogP contribution is -2.56. The highest BCUT2D eigenvalue weighted by atomic mass is 16.5. The first-order valence-corrected chi connectivity index (χ1v) is 17.1. The van der Waals surface area contributed by atoms with E-state index in [9.17, 15) is 0 Å². The Bertz CT molecular complexity index is 2730. The van der Waals surface area contributed by atoms with Gasteiger partial charge in [0.15, 0.2) is 0 Å². The highest BCUT2D eigenvalue weighted by Crippen LogP contribution is 2.38. The van der Waals surface area contributed by atoms with Gasteiger partial charge in [-0.05, 0) is 80.2 Å². The maximum atomic E-state index is 6.73. The maximum absolute atomic E-state index is 6.73. The van der Waals surface area contributed by atoms with Crippen LogP contribution in [0.5, 0.6) is 11.5 Å². The second kappa shape index (κ2) is 10.5. The minimum Gasteiger partial charge on any atom is -0.458 e. The molecule has 0 N–H and O–H groups in total. The third-order valence-corrected chi connectivity index (χ3v) is 10.5. The summed E-state index contributed by atoms with van der Waals surface area (Å²) in [6.45, 7) is 6.77. The number of aryl methyl sites for hydroxylation is 3. The minimum atomic E-state index is 0.0986. The average molecular weight is 629 g/mol. The fourth-order valence-corrected chi connectivity index (χ4v) is 8.62. The predicted octanol–water partition coefficient (Wildman–Crippen LogP) is 9.43. The van der Waals surface area contributed by atoms with Crippen LogP contribution in [-0.4, -0.2) is 15.8 Å². The molecule has 0 aliphatic carbocycles. The molecule has 4 heteroatoms. The van der Waals surface area contributed by atoms with E-state index >= 15 is 0 Å². The van der Waals surface area contributed by atoms with Gasteiger partial charge in [-0.3, -0.25) is 0 Å². The quantitative estimate of drug-likeness (QED) is 0.179. The van der Waals surface area contributed by atoms with Crippen LogP contribution in [0.15, 0.2) is 146 Å². The number of hydrogen-bond acceptors (Lipinski definition) is 1. The van der Waals surface area contributed by atoms with Gasteiger partial charge in [-0.15, -0.1) is 0 Å². The molecule has 0 fully saturated rings. The number of hydrogen-bond donors (Lipinski definition) is 0. The molecule has 3 heterocycles. The molecule has 9 aromatic rings. The van der Waals surface area contributed by atoms with E-state index in [-0.39, 0.29) is 6.71 Å². The van der Waals surface area contributed by atoms with Gasteiger partial charge < -0.3 is 13.9 Å². The van der Waals surface area contributed by atoms with E-state index in [4.69, 9.17) is 4.74 Å². The van der Waals surface area contributed by atoms with Crippen LogP contribution in [0.25, 0.3) is 55.0 Å². The number of benzene rings is 7. The molecule has 2 aromatic heterocycles. The monoisotopic (exact) mass is 628 g/mol. The van der Waals surface area contributed by atoms with Crippen LogP contribution >= 0.6 is 0 Å².